The first kappa shape index (κ1) is 14.4. The molecule has 0 aliphatic carbocycles. The van der Waals surface area contributed by atoms with Gasteiger partial charge in [0.15, 0.2) is 0 Å². The van der Waals surface area contributed by atoms with Gasteiger partial charge < -0.3 is 15.2 Å². The molecule has 1 aromatic carbocycles. The van der Waals surface area contributed by atoms with E-state index in [1.54, 1.807) is 18.2 Å². The maximum Gasteiger partial charge on any atom is 0.252 e. The fraction of sp³-hybridized carbons (Fsp3) is 0.364. The molecule has 0 heterocycles. The molecule has 0 saturated carbocycles. The van der Waals surface area contributed by atoms with E-state index in [2.05, 4.69) is 21.2 Å². The van der Waals surface area contributed by atoms with Crippen molar-refractivity contribution in [3.8, 4) is 0 Å². The molecule has 0 aromatic heterocycles. The van der Waals surface area contributed by atoms with Gasteiger partial charge in [0.05, 0.1) is 23.3 Å². The molecule has 94 valence electrons. The first-order valence-electron chi connectivity index (χ1n) is 4.95. The van der Waals surface area contributed by atoms with Crippen LogP contribution in [0, 0.1) is 0 Å². The molecule has 0 fully saturated rings. The third-order valence-corrected chi connectivity index (χ3v) is 2.85. The molecule has 4 nitrogen and oxygen atoms in total. The zero-order chi connectivity index (χ0) is 12.8. The normalized spacial score (nSPS) is 12.2. The zero-order valence-electron chi connectivity index (χ0n) is 9.24. The van der Waals surface area contributed by atoms with Gasteiger partial charge in [0.1, 0.15) is 0 Å². The number of nitrogens with one attached hydrogen (secondary N) is 1. The van der Waals surface area contributed by atoms with Gasteiger partial charge in [0.25, 0.3) is 5.91 Å². The van der Waals surface area contributed by atoms with Gasteiger partial charge in [-0.3, -0.25) is 4.79 Å². The van der Waals surface area contributed by atoms with Crippen molar-refractivity contribution in [3.63, 3.8) is 0 Å². The van der Waals surface area contributed by atoms with E-state index in [1.807, 2.05) is 0 Å². The van der Waals surface area contributed by atoms with E-state index in [0.29, 0.717) is 10.6 Å². The smallest absolute Gasteiger partial charge is 0.252 e. The molecule has 6 heteroatoms. The van der Waals surface area contributed by atoms with Crippen LogP contribution in [0.15, 0.2) is 22.7 Å². The van der Waals surface area contributed by atoms with Crippen molar-refractivity contribution in [1.82, 2.24) is 5.32 Å². The lowest BCUT2D eigenvalue weighted by atomic mass is 10.2. The molecule has 0 saturated heterocycles. The lowest BCUT2D eigenvalue weighted by Gasteiger charge is -2.11. The first-order valence-corrected chi connectivity index (χ1v) is 6.12. The monoisotopic (exact) mass is 321 g/mol. The van der Waals surface area contributed by atoms with Crippen LogP contribution in [0.4, 0.5) is 0 Å². The van der Waals surface area contributed by atoms with E-state index in [1.165, 1.54) is 7.11 Å². The molecular weight excluding hydrogens is 309 g/mol. The Morgan fingerprint density at radius 1 is 1.65 bits per heavy atom. The molecule has 1 unspecified atom stereocenters. The number of ether oxygens (including phenoxy) is 1. The number of carbonyl (C=O) groups excluding carboxylic acids is 1. The summed E-state index contributed by atoms with van der Waals surface area (Å²) in [5.74, 6) is -0.327. The highest BCUT2D eigenvalue weighted by Crippen LogP contribution is 2.20. The van der Waals surface area contributed by atoms with Gasteiger partial charge in [-0.2, -0.15) is 0 Å². The number of amides is 1. The molecule has 1 amide bonds. The van der Waals surface area contributed by atoms with E-state index < -0.39 is 6.10 Å². The predicted octanol–water partition coefficient (Wildman–Crippen LogP) is 1.84. The van der Waals surface area contributed by atoms with Gasteiger partial charge >= 0.3 is 0 Å². The minimum atomic E-state index is -0.727. The quantitative estimate of drug-likeness (QED) is 0.869. The molecule has 0 bridgehead atoms. The summed E-state index contributed by atoms with van der Waals surface area (Å²) >= 11 is 9.16. The second kappa shape index (κ2) is 6.96. The van der Waals surface area contributed by atoms with Gasteiger partial charge in [0.2, 0.25) is 0 Å². The van der Waals surface area contributed by atoms with E-state index in [0.717, 1.165) is 4.47 Å². The third-order valence-electron chi connectivity index (χ3n) is 2.03. The summed E-state index contributed by atoms with van der Waals surface area (Å²) in [7, 11) is 1.48. The zero-order valence-corrected chi connectivity index (χ0v) is 11.6. The van der Waals surface area contributed by atoms with Crippen LogP contribution < -0.4 is 5.32 Å². The molecule has 0 aliphatic rings. The van der Waals surface area contributed by atoms with Crippen molar-refractivity contribution in [2.45, 2.75) is 6.10 Å². The van der Waals surface area contributed by atoms with Crippen LogP contribution in [-0.2, 0) is 4.74 Å². The molecule has 1 aromatic rings. The Morgan fingerprint density at radius 3 is 3.00 bits per heavy atom. The maximum atomic E-state index is 11.8. The van der Waals surface area contributed by atoms with Crippen molar-refractivity contribution in [1.29, 1.82) is 0 Å². The van der Waals surface area contributed by atoms with E-state index in [-0.39, 0.29) is 19.1 Å². The van der Waals surface area contributed by atoms with E-state index >= 15 is 0 Å². The van der Waals surface area contributed by atoms with Crippen LogP contribution in [-0.4, -0.2) is 37.4 Å². The number of halogens is 2. The number of benzene rings is 1. The van der Waals surface area contributed by atoms with Crippen LogP contribution in [0.1, 0.15) is 10.4 Å². The van der Waals surface area contributed by atoms with Crippen molar-refractivity contribution in [3.05, 3.63) is 33.3 Å². The average Bonchev–Trinajstić information content (AvgIpc) is 2.29. The van der Waals surface area contributed by atoms with Gasteiger partial charge in [-0.05, 0) is 18.2 Å². The largest absolute Gasteiger partial charge is 0.389 e. The van der Waals surface area contributed by atoms with Crippen LogP contribution in [0.2, 0.25) is 5.02 Å². The maximum absolute atomic E-state index is 11.8. The van der Waals surface area contributed by atoms with Crippen LogP contribution in [0.5, 0.6) is 0 Å². The fourth-order valence-electron chi connectivity index (χ4n) is 1.23. The van der Waals surface area contributed by atoms with Gasteiger partial charge in [-0.15, -0.1) is 0 Å². The molecule has 1 rings (SSSR count). The van der Waals surface area contributed by atoms with Crippen molar-refractivity contribution in [2.24, 2.45) is 0 Å². The van der Waals surface area contributed by atoms with Crippen LogP contribution in [0.25, 0.3) is 0 Å². The SMILES string of the molecule is COCC(O)CNC(=O)c1cc(Br)ccc1Cl. The fourth-order valence-corrected chi connectivity index (χ4v) is 1.79. The lowest BCUT2D eigenvalue weighted by molar-refractivity contribution is 0.0610. The highest BCUT2D eigenvalue weighted by molar-refractivity contribution is 9.10. The summed E-state index contributed by atoms with van der Waals surface area (Å²) in [6.07, 6.45) is -0.727. The number of methoxy groups -OCH3 is 1. The van der Waals surface area contributed by atoms with Crippen molar-refractivity contribution >= 4 is 33.4 Å². The van der Waals surface area contributed by atoms with Gasteiger partial charge in [-0.1, -0.05) is 27.5 Å². The standard InChI is InChI=1S/C11H13BrClNO3/c1-17-6-8(15)5-14-11(16)9-4-7(12)2-3-10(9)13/h2-4,8,15H,5-6H2,1H3,(H,14,16). The number of rotatable bonds is 5. The summed E-state index contributed by atoms with van der Waals surface area (Å²) in [4.78, 5) is 11.8. The van der Waals surface area contributed by atoms with Gasteiger partial charge in [-0.25, -0.2) is 0 Å². The summed E-state index contributed by atoms with van der Waals surface area (Å²) in [6.45, 7) is 0.294. The summed E-state index contributed by atoms with van der Waals surface area (Å²) in [6, 6.07) is 5.01. The van der Waals surface area contributed by atoms with Crippen molar-refractivity contribution < 1.29 is 14.6 Å². The third kappa shape index (κ3) is 4.63. The second-order valence-corrected chi connectivity index (χ2v) is 4.77. The van der Waals surface area contributed by atoms with Crippen LogP contribution >= 0.6 is 27.5 Å². The predicted molar refractivity (Wildman–Crippen MR) is 69.4 cm³/mol. The van der Waals surface area contributed by atoms with Gasteiger partial charge in [0, 0.05) is 18.1 Å². The number of hydrogen-bond donors (Lipinski definition) is 2. The minimum Gasteiger partial charge on any atom is -0.389 e. The van der Waals surface area contributed by atoms with E-state index in [4.69, 9.17) is 16.3 Å². The van der Waals surface area contributed by atoms with Crippen molar-refractivity contribution in [2.75, 3.05) is 20.3 Å². The van der Waals surface area contributed by atoms with E-state index in [9.17, 15) is 9.90 Å². The second-order valence-electron chi connectivity index (χ2n) is 3.44. The summed E-state index contributed by atoms with van der Waals surface area (Å²) in [5.41, 5.74) is 0.366. The number of carbonyl (C=O) groups is 1. The first-order chi connectivity index (χ1) is 8.04. The lowest BCUT2D eigenvalue weighted by Crippen LogP contribution is -2.34. The number of aliphatic hydroxyl groups excluding tert-OH is 1. The number of aliphatic hydroxyl groups is 1. The molecular formula is C11H13BrClNO3. The van der Waals surface area contributed by atoms with Crippen LogP contribution in [0.3, 0.4) is 0 Å². The average molecular weight is 323 g/mol. The molecule has 0 spiro atoms. The highest BCUT2D eigenvalue weighted by Gasteiger charge is 2.12. The Labute approximate surface area is 113 Å². The summed E-state index contributed by atoms with van der Waals surface area (Å²) in [5, 5.41) is 12.3. The highest BCUT2D eigenvalue weighted by atomic mass is 79.9. The molecule has 0 aliphatic heterocycles. The molecule has 0 radical (unpaired) electrons. The number of hydrogen-bond acceptors (Lipinski definition) is 3. The Balaban J connectivity index is 2.61. The molecule has 1 atom stereocenters. The molecule has 17 heavy (non-hydrogen) atoms. The summed E-state index contributed by atoms with van der Waals surface area (Å²) < 4.78 is 5.52. The minimum absolute atomic E-state index is 0.121. The molecule has 2 N–H and O–H groups in total. The Kier molecular flexibility index (Phi) is 5.91. The Morgan fingerprint density at radius 2 is 2.35 bits per heavy atom. The Hall–Kier alpha value is -0.620. The Bertz CT molecular complexity index is 400. The topological polar surface area (TPSA) is 58.6 Å².